The van der Waals surface area contributed by atoms with Crippen LogP contribution in [0.5, 0.6) is 0 Å². The largest absolute Gasteiger partial charge is 0.451 e. The van der Waals surface area contributed by atoms with E-state index in [-0.39, 0.29) is 11.2 Å². The summed E-state index contributed by atoms with van der Waals surface area (Å²) in [4.78, 5) is 29.7. The molecule has 6 aromatic rings. The van der Waals surface area contributed by atoms with Gasteiger partial charge in [-0.3, -0.25) is 14.0 Å². The number of nitrogens with one attached hydrogen (secondary N) is 2. The molecular weight excluding hydrogens is 592 g/mol. The molecule has 6 rings (SSSR count). The molecule has 0 bridgehead atoms. The number of hydrogen-bond donors (Lipinski definition) is 2. The summed E-state index contributed by atoms with van der Waals surface area (Å²) < 4.78 is 8.50. The van der Waals surface area contributed by atoms with Crippen LogP contribution in [0.1, 0.15) is 21.7 Å². The van der Waals surface area contributed by atoms with Crippen LogP contribution in [-0.4, -0.2) is 15.3 Å². The Bertz CT molecular complexity index is 1930. The van der Waals surface area contributed by atoms with Gasteiger partial charge in [0.25, 0.3) is 5.91 Å². The van der Waals surface area contributed by atoms with E-state index in [2.05, 4.69) is 26.6 Å². The Morgan fingerprint density at radius 1 is 0.925 bits per heavy atom. The number of aromatic nitrogens is 2. The van der Waals surface area contributed by atoms with Gasteiger partial charge in [-0.1, -0.05) is 66.2 Å². The van der Waals surface area contributed by atoms with Crippen molar-refractivity contribution in [1.82, 2.24) is 14.7 Å². The molecule has 0 radical (unpaired) electrons. The lowest BCUT2D eigenvalue weighted by Gasteiger charge is -2.13. The van der Waals surface area contributed by atoms with E-state index in [1.165, 1.54) is 6.07 Å². The molecule has 0 fully saturated rings. The molecule has 9 heteroatoms. The van der Waals surface area contributed by atoms with Crippen LogP contribution in [0.2, 0.25) is 5.02 Å². The molecule has 0 aliphatic carbocycles. The minimum atomic E-state index is -0.442. The van der Waals surface area contributed by atoms with Gasteiger partial charge in [-0.2, -0.15) is 0 Å². The molecule has 0 unspecified atom stereocenters. The van der Waals surface area contributed by atoms with Crippen LogP contribution in [0.4, 0.5) is 5.82 Å². The number of benzene rings is 3. The quantitative estimate of drug-likeness (QED) is 0.201. The van der Waals surface area contributed by atoms with Crippen molar-refractivity contribution in [2.75, 3.05) is 5.32 Å². The second kappa shape index (κ2) is 11.0. The first-order chi connectivity index (χ1) is 19.5. The molecule has 2 N–H and O–H groups in total. The lowest BCUT2D eigenvalue weighted by molar-refractivity contribution is 0.0923. The van der Waals surface area contributed by atoms with Crippen LogP contribution >= 0.6 is 27.5 Å². The maximum atomic E-state index is 12.6. The van der Waals surface area contributed by atoms with E-state index in [1.807, 2.05) is 71.3 Å². The van der Waals surface area contributed by atoms with Gasteiger partial charge in [-0.15, -0.1) is 0 Å². The highest BCUT2D eigenvalue weighted by Gasteiger charge is 2.13. The van der Waals surface area contributed by atoms with Gasteiger partial charge in [0.05, 0.1) is 15.6 Å². The van der Waals surface area contributed by atoms with E-state index in [1.54, 1.807) is 24.3 Å². The first-order valence-corrected chi connectivity index (χ1v) is 13.7. The molecule has 40 heavy (non-hydrogen) atoms. The van der Waals surface area contributed by atoms with Gasteiger partial charge in [-0.25, -0.2) is 4.98 Å². The average molecular weight is 614 g/mol. The first-order valence-electron chi connectivity index (χ1n) is 12.5. The number of hydrogen-bond acceptors (Lipinski definition) is 5. The maximum Gasteiger partial charge on any atom is 0.287 e. The molecular formula is C31H22BrClN4O3. The van der Waals surface area contributed by atoms with Gasteiger partial charge < -0.3 is 15.1 Å². The highest BCUT2D eigenvalue weighted by molar-refractivity contribution is 9.10. The molecule has 1 amide bonds. The van der Waals surface area contributed by atoms with E-state index in [9.17, 15) is 9.59 Å². The highest BCUT2D eigenvalue weighted by Crippen LogP contribution is 2.31. The van der Waals surface area contributed by atoms with Crippen LogP contribution in [0.25, 0.3) is 27.9 Å². The maximum absolute atomic E-state index is 12.6. The van der Waals surface area contributed by atoms with Gasteiger partial charge in [-0.05, 0) is 51.3 Å². The number of rotatable bonds is 7. The minimum Gasteiger partial charge on any atom is -0.451 e. The summed E-state index contributed by atoms with van der Waals surface area (Å²) in [6.45, 7) is 0.873. The normalized spacial score (nSPS) is 11.2. The monoisotopic (exact) mass is 612 g/mol. The third kappa shape index (κ3) is 5.23. The third-order valence-corrected chi connectivity index (χ3v) is 7.48. The van der Waals surface area contributed by atoms with E-state index >= 15 is 0 Å². The Kier molecular flexibility index (Phi) is 7.11. The Labute approximate surface area is 242 Å². The number of para-hydroxylation sites is 1. The molecule has 0 saturated carbocycles. The summed E-state index contributed by atoms with van der Waals surface area (Å²) in [5, 5.41) is 7.41. The number of carbonyl (C=O) groups excluding carboxylic acids is 1. The number of amides is 1. The van der Waals surface area contributed by atoms with Crippen LogP contribution in [0.3, 0.4) is 0 Å². The van der Waals surface area contributed by atoms with Crippen molar-refractivity contribution in [3.05, 3.63) is 134 Å². The second-order valence-electron chi connectivity index (χ2n) is 9.19. The smallest absolute Gasteiger partial charge is 0.287 e. The number of anilines is 1. The molecule has 7 nitrogen and oxygen atoms in total. The summed E-state index contributed by atoms with van der Waals surface area (Å²) >= 11 is 10.0. The van der Waals surface area contributed by atoms with Crippen molar-refractivity contribution >= 4 is 55.9 Å². The lowest BCUT2D eigenvalue weighted by atomic mass is 10.1. The summed E-state index contributed by atoms with van der Waals surface area (Å²) in [6.07, 6.45) is 1.95. The number of halogens is 2. The van der Waals surface area contributed by atoms with Gasteiger partial charge >= 0.3 is 0 Å². The summed E-state index contributed by atoms with van der Waals surface area (Å²) in [5.74, 6) is 0.419. The number of carbonyl (C=O) groups is 1. The molecule has 0 aliphatic heterocycles. The van der Waals surface area contributed by atoms with Gasteiger partial charge in [0, 0.05) is 42.0 Å². The highest BCUT2D eigenvalue weighted by atomic mass is 79.9. The SMILES string of the molecule is O=C(NCc1ccc(CNc2cc(-c3ccccc3Cl)nc3c(Br)ccn23)cc1)c1cc(=O)c2ccccc2o1. The fourth-order valence-electron chi connectivity index (χ4n) is 4.44. The zero-order valence-electron chi connectivity index (χ0n) is 21.0. The Balaban J connectivity index is 1.14. The van der Waals surface area contributed by atoms with Crippen molar-refractivity contribution in [3.8, 4) is 11.3 Å². The fraction of sp³-hybridized carbons (Fsp3) is 0.0645. The Hall–Kier alpha value is -4.40. The summed E-state index contributed by atoms with van der Waals surface area (Å²) in [6, 6.07) is 27.6. The molecule has 0 spiro atoms. The van der Waals surface area contributed by atoms with E-state index in [0.717, 1.165) is 38.3 Å². The molecule has 0 saturated heterocycles. The molecule has 198 valence electrons. The third-order valence-electron chi connectivity index (χ3n) is 6.53. The Morgan fingerprint density at radius 3 is 2.45 bits per heavy atom. The fourth-order valence-corrected chi connectivity index (χ4v) is 5.07. The predicted molar refractivity (Wildman–Crippen MR) is 161 cm³/mol. The van der Waals surface area contributed by atoms with Crippen LogP contribution in [0, 0.1) is 0 Å². The van der Waals surface area contributed by atoms with E-state index in [0.29, 0.717) is 29.1 Å². The predicted octanol–water partition coefficient (Wildman–Crippen LogP) is 7.07. The van der Waals surface area contributed by atoms with Crippen molar-refractivity contribution in [2.45, 2.75) is 13.1 Å². The van der Waals surface area contributed by atoms with Gasteiger partial charge in [0.1, 0.15) is 11.4 Å². The summed E-state index contributed by atoms with van der Waals surface area (Å²) in [5.41, 5.74) is 4.53. The molecule has 3 aromatic heterocycles. The van der Waals surface area contributed by atoms with Crippen molar-refractivity contribution < 1.29 is 9.21 Å². The Morgan fingerprint density at radius 2 is 1.65 bits per heavy atom. The summed E-state index contributed by atoms with van der Waals surface area (Å²) in [7, 11) is 0. The van der Waals surface area contributed by atoms with Crippen LogP contribution in [0.15, 0.2) is 111 Å². The lowest BCUT2D eigenvalue weighted by Crippen LogP contribution is -2.24. The average Bonchev–Trinajstić information content (AvgIpc) is 3.36. The molecule has 0 aliphatic rings. The molecule has 0 atom stereocenters. The topological polar surface area (TPSA) is 88.6 Å². The van der Waals surface area contributed by atoms with Crippen molar-refractivity contribution in [3.63, 3.8) is 0 Å². The first kappa shape index (κ1) is 25.9. The van der Waals surface area contributed by atoms with Crippen LogP contribution in [-0.2, 0) is 13.1 Å². The van der Waals surface area contributed by atoms with Gasteiger partial charge in [0.15, 0.2) is 16.8 Å². The number of fused-ring (bicyclic) bond motifs is 2. The standard InChI is InChI=1S/C31H22BrClN4O3/c32-23-13-14-37-29(15-25(36-30(23)37)21-5-1-3-7-24(21)33)34-17-19-9-11-20(12-10-19)18-35-31(39)28-16-26(38)22-6-2-4-8-27(22)40-28/h1-16,34H,17-18H2,(H,35,39). The van der Waals surface area contributed by atoms with Gasteiger partial charge in [0.2, 0.25) is 0 Å². The van der Waals surface area contributed by atoms with Crippen molar-refractivity contribution in [1.29, 1.82) is 0 Å². The van der Waals surface area contributed by atoms with Crippen LogP contribution < -0.4 is 16.1 Å². The molecule has 3 aromatic carbocycles. The zero-order chi connectivity index (χ0) is 27.6. The minimum absolute atomic E-state index is 0.0130. The zero-order valence-corrected chi connectivity index (χ0v) is 23.4. The number of nitrogens with zero attached hydrogens (tertiary/aromatic N) is 2. The van der Waals surface area contributed by atoms with Crippen molar-refractivity contribution in [2.24, 2.45) is 0 Å². The molecule has 3 heterocycles. The second-order valence-corrected chi connectivity index (χ2v) is 10.4. The van der Waals surface area contributed by atoms with E-state index in [4.69, 9.17) is 21.0 Å². The van der Waals surface area contributed by atoms with E-state index < -0.39 is 5.91 Å².